The van der Waals surface area contributed by atoms with Crippen molar-refractivity contribution in [2.45, 2.75) is 39.4 Å². The van der Waals surface area contributed by atoms with E-state index in [0.717, 1.165) is 0 Å². The average Bonchev–Trinajstić information content (AvgIpc) is 1.85. The molecule has 0 radical (unpaired) electrons. The number of methoxy groups -OCH3 is 1. The molecule has 0 N–H and O–H groups in total. The lowest BCUT2D eigenvalue weighted by atomic mass is 10.3. The molecule has 0 saturated carbocycles. The van der Waals surface area contributed by atoms with E-state index in [1.165, 1.54) is 7.11 Å². The summed E-state index contributed by atoms with van der Waals surface area (Å²) in [5.41, 5.74) is 0. The zero-order valence-corrected chi connectivity index (χ0v) is 7.59. The lowest BCUT2D eigenvalue weighted by molar-refractivity contribution is -0.144. The molecule has 0 aromatic rings. The van der Waals surface area contributed by atoms with Gasteiger partial charge in [0, 0.05) is 0 Å². The molecule has 0 bridgehead atoms. The standard InChI is InChI=1S/C8H16O3/c1-6(2)11-7(3)5-8(9)10-4/h6-7H,5H2,1-4H3. The first-order chi connectivity index (χ1) is 5.06. The van der Waals surface area contributed by atoms with Crippen molar-refractivity contribution >= 4 is 5.97 Å². The largest absolute Gasteiger partial charge is 0.469 e. The summed E-state index contributed by atoms with van der Waals surface area (Å²) in [5, 5.41) is 0. The molecule has 66 valence electrons. The first-order valence-corrected chi connectivity index (χ1v) is 3.78. The van der Waals surface area contributed by atoms with Crippen LogP contribution in [0.4, 0.5) is 0 Å². The second kappa shape index (κ2) is 5.13. The van der Waals surface area contributed by atoms with Crippen molar-refractivity contribution in [2.24, 2.45) is 0 Å². The van der Waals surface area contributed by atoms with E-state index in [1.54, 1.807) is 0 Å². The van der Waals surface area contributed by atoms with Crippen molar-refractivity contribution in [3.63, 3.8) is 0 Å². The number of hydrogen-bond acceptors (Lipinski definition) is 3. The van der Waals surface area contributed by atoms with Gasteiger partial charge in [-0.2, -0.15) is 0 Å². The molecule has 3 heteroatoms. The fourth-order valence-corrected chi connectivity index (χ4v) is 0.831. The normalized spacial score (nSPS) is 13.2. The maximum Gasteiger partial charge on any atom is 0.308 e. The summed E-state index contributed by atoms with van der Waals surface area (Å²) < 4.78 is 9.81. The molecule has 0 spiro atoms. The van der Waals surface area contributed by atoms with Gasteiger partial charge in [-0.1, -0.05) is 0 Å². The van der Waals surface area contributed by atoms with Crippen molar-refractivity contribution in [1.29, 1.82) is 0 Å². The van der Waals surface area contributed by atoms with E-state index in [4.69, 9.17) is 4.74 Å². The molecular formula is C8H16O3. The van der Waals surface area contributed by atoms with Crippen LogP contribution >= 0.6 is 0 Å². The van der Waals surface area contributed by atoms with Crippen molar-refractivity contribution in [3.05, 3.63) is 0 Å². The van der Waals surface area contributed by atoms with Gasteiger partial charge in [0.1, 0.15) is 0 Å². The van der Waals surface area contributed by atoms with Crippen LogP contribution in [-0.2, 0) is 14.3 Å². The highest BCUT2D eigenvalue weighted by atomic mass is 16.5. The van der Waals surface area contributed by atoms with Gasteiger partial charge in [0.15, 0.2) is 0 Å². The predicted molar refractivity (Wildman–Crippen MR) is 42.3 cm³/mol. The van der Waals surface area contributed by atoms with Gasteiger partial charge in [0.25, 0.3) is 0 Å². The van der Waals surface area contributed by atoms with Crippen LogP contribution in [0.5, 0.6) is 0 Å². The van der Waals surface area contributed by atoms with E-state index >= 15 is 0 Å². The highest BCUT2D eigenvalue weighted by Gasteiger charge is 2.10. The summed E-state index contributed by atoms with van der Waals surface area (Å²) >= 11 is 0. The Morgan fingerprint density at radius 1 is 1.36 bits per heavy atom. The predicted octanol–water partition coefficient (Wildman–Crippen LogP) is 1.36. The van der Waals surface area contributed by atoms with Gasteiger partial charge < -0.3 is 9.47 Å². The molecule has 1 unspecified atom stereocenters. The molecule has 0 aromatic heterocycles. The van der Waals surface area contributed by atoms with Crippen molar-refractivity contribution < 1.29 is 14.3 Å². The number of carbonyl (C=O) groups is 1. The van der Waals surface area contributed by atoms with Gasteiger partial charge in [-0.3, -0.25) is 4.79 Å². The zero-order valence-electron chi connectivity index (χ0n) is 7.59. The summed E-state index contributed by atoms with van der Waals surface area (Å²) in [6.45, 7) is 5.73. The van der Waals surface area contributed by atoms with Gasteiger partial charge >= 0.3 is 5.97 Å². The quantitative estimate of drug-likeness (QED) is 0.582. The Morgan fingerprint density at radius 3 is 2.27 bits per heavy atom. The lowest BCUT2D eigenvalue weighted by Gasteiger charge is -2.14. The number of rotatable bonds is 4. The van der Waals surface area contributed by atoms with Gasteiger partial charge in [0.2, 0.25) is 0 Å². The zero-order chi connectivity index (χ0) is 8.85. The highest BCUT2D eigenvalue weighted by Crippen LogP contribution is 2.02. The van der Waals surface area contributed by atoms with E-state index in [2.05, 4.69) is 4.74 Å². The molecule has 0 aliphatic carbocycles. The monoisotopic (exact) mass is 160 g/mol. The van der Waals surface area contributed by atoms with Crippen LogP contribution in [0.1, 0.15) is 27.2 Å². The van der Waals surface area contributed by atoms with E-state index < -0.39 is 0 Å². The Bertz CT molecular complexity index is 121. The molecule has 0 heterocycles. The van der Waals surface area contributed by atoms with Gasteiger partial charge in [-0.15, -0.1) is 0 Å². The maximum absolute atomic E-state index is 10.7. The first kappa shape index (κ1) is 10.4. The molecule has 1 atom stereocenters. The molecule has 0 fully saturated rings. The van der Waals surface area contributed by atoms with Crippen LogP contribution < -0.4 is 0 Å². The van der Waals surface area contributed by atoms with E-state index in [1.807, 2.05) is 20.8 Å². The minimum Gasteiger partial charge on any atom is -0.469 e. The number of esters is 1. The SMILES string of the molecule is COC(=O)CC(C)OC(C)C. The third-order valence-corrected chi connectivity index (χ3v) is 1.19. The van der Waals surface area contributed by atoms with Crippen LogP contribution in [-0.4, -0.2) is 25.3 Å². The smallest absolute Gasteiger partial charge is 0.308 e. The van der Waals surface area contributed by atoms with Crippen LogP contribution in [0.15, 0.2) is 0 Å². The molecule has 3 nitrogen and oxygen atoms in total. The number of ether oxygens (including phenoxy) is 2. The highest BCUT2D eigenvalue weighted by molar-refractivity contribution is 5.69. The molecule has 0 saturated heterocycles. The van der Waals surface area contributed by atoms with Crippen molar-refractivity contribution in [1.82, 2.24) is 0 Å². The third-order valence-electron chi connectivity index (χ3n) is 1.19. The van der Waals surface area contributed by atoms with E-state index in [9.17, 15) is 4.79 Å². The van der Waals surface area contributed by atoms with Gasteiger partial charge in [-0.25, -0.2) is 0 Å². The van der Waals surface area contributed by atoms with E-state index in [0.29, 0.717) is 6.42 Å². The topological polar surface area (TPSA) is 35.5 Å². The first-order valence-electron chi connectivity index (χ1n) is 3.78. The van der Waals surface area contributed by atoms with Crippen molar-refractivity contribution in [3.8, 4) is 0 Å². The third kappa shape index (κ3) is 5.85. The van der Waals surface area contributed by atoms with Crippen LogP contribution in [0.2, 0.25) is 0 Å². The summed E-state index contributed by atoms with van der Waals surface area (Å²) in [4.78, 5) is 10.7. The molecule has 0 aromatic carbocycles. The summed E-state index contributed by atoms with van der Waals surface area (Å²) in [6.07, 6.45) is 0.436. The van der Waals surface area contributed by atoms with Crippen LogP contribution in [0.25, 0.3) is 0 Å². The lowest BCUT2D eigenvalue weighted by Crippen LogP contribution is -2.18. The number of hydrogen-bond donors (Lipinski definition) is 0. The molecule has 0 amide bonds. The summed E-state index contributed by atoms with van der Waals surface area (Å²) in [5.74, 6) is -0.224. The van der Waals surface area contributed by atoms with E-state index in [-0.39, 0.29) is 18.2 Å². The second-order valence-corrected chi connectivity index (χ2v) is 2.78. The molecule has 0 aliphatic heterocycles. The van der Waals surface area contributed by atoms with Gasteiger partial charge in [0.05, 0.1) is 25.7 Å². The Kier molecular flexibility index (Phi) is 4.86. The minimum atomic E-state index is -0.224. The second-order valence-electron chi connectivity index (χ2n) is 2.78. The fraction of sp³-hybridized carbons (Fsp3) is 0.875. The minimum absolute atomic E-state index is 0.0533. The van der Waals surface area contributed by atoms with Gasteiger partial charge in [-0.05, 0) is 20.8 Å². The molecule has 0 aliphatic rings. The Labute approximate surface area is 67.7 Å². The fourth-order valence-electron chi connectivity index (χ4n) is 0.831. The maximum atomic E-state index is 10.7. The molecule has 0 rings (SSSR count). The number of carbonyl (C=O) groups excluding carboxylic acids is 1. The Balaban J connectivity index is 3.51. The average molecular weight is 160 g/mol. The molecule has 11 heavy (non-hydrogen) atoms. The van der Waals surface area contributed by atoms with Crippen LogP contribution in [0.3, 0.4) is 0 Å². The summed E-state index contributed by atoms with van der Waals surface area (Å²) in [6, 6.07) is 0. The molecular weight excluding hydrogens is 144 g/mol. The van der Waals surface area contributed by atoms with Crippen LogP contribution in [0, 0.1) is 0 Å². The van der Waals surface area contributed by atoms with Crippen molar-refractivity contribution in [2.75, 3.05) is 7.11 Å². The Morgan fingerprint density at radius 2 is 1.91 bits per heavy atom. The summed E-state index contributed by atoms with van der Waals surface area (Å²) in [7, 11) is 1.38. The Hall–Kier alpha value is -0.570.